The molecule has 4 rings (SSSR count). The second-order valence-corrected chi connectivity index (χ2v) is 10.6. The van der Waals surface area contributed by atoms with Gasteiger partial charge in [0.05, 0.1) is 33.4 Å². The van der Waals surface area contributed by atoms with E-state index in [0.717, 1.165) is 4.68 Å². The Bertz CT molecular complexity index is 1680. The summed E-state index contributed by atoms with van der Waals surface area (Å²) in [6.07, 6.45) is 0. The van der Waals surface area contributed by atoms with Gasteiger partial charge < -0.3 is 10.5 Å². The highest BCUT2D eigenvalue weighted by Gasteiger charge is 2.20. The van der Waals surface area contributed by atoms with Crippen molar-refractivity contribution in [3.63, 3.8) is 0 Å². The monoisotopic (exact) mass is 580 g/mol. The molecule has 0 aliphatic rings. The second kappa shape index (κ2) is 10.5. The number of hydrogen-bond donors (Lipinski definition) is 3. The average molecular weight is 582 g/mol. The van der Waals surface area contributed by atoms with E-state index in [4.69, 9.17) is 45.3 Å². The summed E-state index contributed by atoms with van der Waals surface area (Å²) in [5, 5.41) is 11.2. The van der Waals surface area contributed by atoms with Crippen LogP contribution in [0.2, 0.25) is 15.1 Å². The van der Waals surface area contributed by atoms with E-state index in [2.05, 4.69) is 20.0 Å². The lowest BCUT2D eigenvalue weighted by Gasteiger charge is -2.12. The maximum Gasteiger partial charge on any atom is 0.301 e. The lowest BCUT2D eigenvalue weighted by molar-refractivity contribution is 0.417. The van der Waals surface area contributed by atoms with Crippen molar-refractivity contribution in [2.75, 3.05) is 17.6 Å². The molecule has 0 amide bonds. The third-order valence-electron chi connectivity index (χ3n) is 5.20. The number of aromatic amines is 1. The molecule has 192 valence electrons. The molecular formula is C23H19Cl3N6O4S. The first-order chi connectivity index (χ1) is 17.5. The number of nitrogens with one attached hydrogen (secondary N) is 2. The number of azo groups is 1. The number of benzene rings is 3. The molecule has 0 radical (unpaired) electrons. The van der Waals surface area contributed by atoms with Crippen LogP contribution in [0.5, 0.6) is 5.75 Å². The van der Waals surface area contributed by atoms with E-state index >= 15 is 0 Å². The zero-order valence-electron chi connectivity index (χ0n) is 19.3. The first kappa shape index (κ1) is 26.6. The SMILES string of the molecule is COc1ccccc1NS(=O)(=O)c1ccc(C)c(N=Nc2c(N)[nH]n(-c3c(Cl)cc(Cl)cc3Cl)c2=O)c1. The van der Waals surface area contributed by atoms with E-state index in [1.807, 2.05) is 0 Å². The van der Waals surface area contributed by atoms with E-state index < -0.39 is 15.6 Å². The van der Waals surface area contributed by atoms with Gasteiger partial charge in [0.2, 0.25) is 0 Å². The van der Waals surface area contributed by atoms with Crippen molar-refractivity contribution in [1.82, 2.24) is 9.78 Å². The van der Waals surface area contributed by atoms with Gasteiger partial charge in [-0.1, -0.05) is 53.0 Å². The first-order valence-electron chi connectivity index (χ1n) is 10.5. The molecule has 1 heterocycles. The fourth-order valence-corrected chi connectivity index (χ4v) is 5.42. The highest BCUT2D eigenvalue weighted by molar-refractivity contribution is 7.92. The molecule has 0 spiro atoms. The zero-order valence-corrected chi connectivity index (χ0v) is 22.4. The summed E-state index contributed by atoms with van der Waals surface area (Å²) in [5.74, 6) is 0.258. The molecule has 4 N–H and O–H groups in total. The number of hydrogen-bond acceptors (Lipinski definition) is 7. The van der Waals surface area contributed by atoms with E-state index in [9.17, 15) is 13.2 Å². The van der Waals surface area contributed by atoms with Gasteiger partial charge >= 0.3 is 5.56 Å². The number of ether oxygens (including phenoxy) is 1. The topological polar surface area (TPSA) is 144 Å². The van der Waals surface area contributed by atoms with Crippen molar-refractivity contribution in [2.45, 2.75) is 11.8 Å². The van der Waals surface area contributed by atoms with Crippen molar-refractivity contribution in [3.8, 4) is 11.4 Å². The van der Waals surface area contributed by atoms with Gasteiger partial charge in [-0.3, -0.25) is 14.6 Å². The molecule has 0 saturated heterocycles. The van der Waals surface area contributed by atoms with Crippen LogP contribution in [-0.2, 0) is 10.0 Å². The van der Waals surface area contributed by atoms with Crippen molar-refractivity contribution >= 4 is 67.7 Å². The Morgan fingerprint density at radius 2 is 1.70 bits per heavy atom. The first-order valence-corrected chi connectivity index (χ1v) is 13.1. The van der Waals surface area contributed by atoms with Crippen LogP contribution in [0.4, 0.5) is 22.9 Å². The highest BCUT2D eigenvalue weighted by atomic mass is 35.5. The number of para-hydroxylation sites is 2. The number of aryl methyl sites for hydroxylation is 1. The van der Waals surface area contributed by atoms with Crippen LogP contribution in [0.25, 0.3) is 5.69 Å². The van der Waals surface area contributed by atoms with Crippen LogP contribution in [0.3, 0.4) is 0 Å². The quantitative estimate of drug-likeness (QED) is 0.221. The van der Waals surface area contributed by atoms with Gasteiger partial charge in [-0.25, -0.2) is 13.1 Å². The molecule has 0 fully saturated rings. The van der Waals surface area contributed by atoms with Crippen molar-refractivity contribution < 1.29 is 13.2 Å². The summed E-state index contributed by atoms with van der Waals surface area (Å²) in [6, 6.07) is 13.8. The molecule has 37 heavy (non-hydrogen) atoms. The molecule has 0 aliphatic carbocycles. The normalized spacial score (nSPS) is 11.7. The number of anilines is 2. The Morgan fingerprint density at radius 1 is 1.03 bits per heavy atom. The number of halogens is 3. The van der Waals surface area contributed by atoms with Crippen LogP contribution in [-0.4, -0.2) is 25.3 Å². The maximum absolute atomic E-state index is 13.0. The van der Waals surface area contributed by atoms with Gasteiger partial charge in [0, 0.05) is 5.02 Å². The molecule has 0 aliphatic heterocycles. The minimum absolute atomic E-state index is 0.0721. The van der Waals surface area contributed by atoms with Crippen LogP contribution in [0, 0.1) is 6.92 Å². The molecular weight excluding hydrogens is 563 g/mol. The number of nitrogens with two attached hydrogens (primary N) is 1. The Labute approximate surface area is 226 Å². The van der Waals surface area contributed by atoms with E-state index in [-0.39, 0.29) is 48.5 Å². The zero-order chi connectivity index (χ0) is 26.9. The number of nitrogens with zero attached hydrogens (tertiary/aromatic N) is 3. The molecule has 0 bridgehead atoms. The Balaban J connectivity index is 1.69. The van der Waals surface area contributed by atoms with E-state index in [1.54, 1.807) is 37.3 Å². The van der Waals surface area contributed by atoms with Crippen molar-refractivity contribution in [1.29, 1.82) is 0 Å². The van der Waals surface area contributed by atoms with Gasteiger partial charge in [0.1, 0.15) is 17.3 Å². The summed E-state index contributed by atoms with van der Waals surface area (Å²) in [4.78, 5) is 12.9. The number of rotatable bonds is 7. The van der Waals surface area contributed by atoms with Gasteiger partial charge in [-0.2, -0.15) is 0 Å². The largest absolute Gasteiger partial charge is 0.495 e. The van der Waals surface area contributed by atoms with Crippen molar-refractivity contribution in [3.05, 3.63) is 85.6 Å². The molecule has 1 aromatic heterocycles. The Hall–Kier alpha value is -3.51. The number of H-pyrrole nitrogens is 1. The van der Waals surface area contributed by atoms with E-state index in [1.165, 1.54) is 31.4 Å². The van der Waals surface area contributed by atoms with Gasteiger partial charge in [-0.15, -0.1) is 10.2 Å². The van der Waals surface area contributed by atoms with Crippen LogP contribution >= 0.6 is 34.8 Å². The number of nitrogen functional groups attached to an aromatic ring is 1. The third kappa shape index (κ3) is 5.44. The van der Waals surface area contributed by atoms with Crippen molar-refractivity contribution in [2.24, 2.45) is 10.2 Å². The number of methoxy groups -OCH3 is 1. The van der Waals surface area contributed by atoms with E-state index in [0.29, 0.717) is 11.3 Å². The summed E-state index contributed by atoms with van der Waals surface area (Å²) in [5.41, 5.74) is 6.29. The van der Waals surface area contributed by atoms with Gasteiger partial charge in [0.15, 0.2) is 5.69 Å². The van der Waals surface area contributed by atoms with Gasteiger partial charge in [0.25, 0.3) is 10.0 Å². The van der Waals surface area contributed by atoms with Crippen LogP contribution < -0.4 is 20.8 Å². The molecule has 3 aromatic carbocycles. The smallest absolute Gasteiger partial charge is 0.301 e. The standard InChI is InChI=1S/C23H19Cl3N6O4S/c1-12-7-8-14(37(34,35)31-17-5-3-4-6-19(17)36-2)11-18(12)28-29-20-22(27)30-32(23(20)33)21-15(25)9-13(24)10-16(21)26/h3-11,30-31H,27H2,1-2H3. The average Bonchev–Trinajstić information content (AvgIpc) is 3.10. The molecule has 0 atom stereocenters. The fraction of sp³-hybridized carbons (Fsp3) is 0.0870. The minimum atomic E-state index is -4.00. The number of aromatic nitrogens is 2. The summed E-state index contributed by atoms with van der Waals surface area (Å²) in [7, 11) is -2.56. The van der Waals surface area contributed by atoms with Gasteiger partial charge in [-0.05, 0) is 48.9 Å². The lowest BCUT2D eigenvalue weighted by atomic mass is 10.2. The molecule has 0 unspecified atom stereocenters. The second-order valence-electron chi connectivity index (χ2n) is 7.69. The summed E-state index contributed by atoms with van der Waals surface area (Å²) < 4.78 is 34.7. The molecule has 10 nitrogen and oxygen atoms in total. The third-order valence-corrected chi connectivity index (χ3v) is 7.36. The van der Waals surface area contributed by atoms with Crippen LogP contribution in [0.15, 0.2) is 74.5 Å². The molecule has 14 heteroatoms. The van der Waals surface area contributed by atoms with Crippen LogP contribution in [0.1, 0.15) is 5.56 Å². The lowest BCUT2D eigenvalue weighted by Crippen LogP contribution is -2.15. The fourth-order valence-electron chi connectivity index (χ4n) is 3.35. The molecule has 0 saturated carbocycles. The Kier molecular flexibility index (Phi) is 7.51. The Morgan fingerprint density at radius 3 is 2.38 bits per heavy atom. The minimum Gasteiger partial charge on any atom is -0.495 e. The highest BCUT2D eigenvalue weighted by Crippen LogP contribution is 2.33. The predicted molar refractivity (Wildman–Crippen MR) is 145 cm³/mol. The summed E-state index contributed by atoms with van der Waals surface area (Å²) in [6.45, 7) is 1.71. The summed E-state index contributed by atoms with van der Waals surface area (Å²) >= 11 is 18.4. The number of sulfonamides is 1. The maximum atomic E-state index is 13.0. The predicted octanol–water partition coefficient (Wildman–Crippen LogP) is 6.24. The molecule has 4 aromatic rings.